The molecule has 0 fully saturated rings. The highest BCUT2D eigenvalue weighted by Gasteiger charge is 2.14. The molecule has 104 valence electrons. The second-order valence-corrected chi connectivity index (χ2v) is 6.92. The van der Waals surface area contributed by atoms with Crippen LogP contribution in [0.3, 0.4) is 0 Å². The van der Waals surface area contributed by atoms with Crippen molar-refractivity contribution in [1.29, 1.82) is 0 Å². The Labute approximate surface area is 133 Å². The number of carbonyl (C=O) groups is 1. The van der Waals surface area contributed by atoms with Gasteiger partial charge < -0.3 is 5.32 Å². The van der Waals surface area contributed by atoms with Crippen LogP contribution < -0.4 is 5.32 Å². The van der Waals surface area contributed by atoms with Gasteiger partial charge in [-0.3, -0.25) is 4.79 Å². The Kier molecular flexibility index (Phi) is 4.48. The van der Waals surface area contributed by atoms with Crippen LogP contribution in [-0.2, 0) is 5.41 Å². The van der Waals surface area contributed by atoms with Gasteiger partial charge in [-0.15, -0.1) is 0 Å². The third-order valence-electron chi connectivity index (χ3n) is 3.14. The van der Waals surface area contributed by atoms with Crippen LogP contribution in [0.15, 0.2) is 48.5 Å². The summed E-state index contributed by atoms with van der Waals surface area (Å²) in [7, 11) is 0. The van der Waals surface area contributed by atoms with Crippen LogP contribution in [0.1, 0.15) is 36.7 Å². The molecule has 20 heavy (non-hydrogen) atoms. The fraction of sp³-hybridized carbons (Fsp3) is 0.235. The summed E-state index contributed by atoms with van der Waals surface area (Å²) in [5.74, 6) is -0.0745. The predicted molar refractivity (Wildman–Crippen MR) is 92.3 cm³/mol. The quantitative estimate of drug-likeness (QED) is 0.744. The average molecular weight is 379 g/mol. The average Bonchev–Trinajstić information content (AvgIpc) is 2.40. The SMILES string of the molecule is CC(C)(C)c1ccc(C(=O)Nc2ccccc2I)cc1. The molecule has 0 atom stereocenters. The minimum absolute atomic E-state index is 0.0745. The normalized spacial score (nSPS) is 11.2. The Morgan fingerprint density at radius 2 is 1.60 bits per heavy atom. The molecule has 0 radical (unpaired) electrons. The number of para-hydroxylation sites is 1. The second-order valence-electron chi connectivity index (χ2n) is 5.76. The van der Waals surface area contributed by atoms with Gasteiger partial charge in [0.05, 0.1) is 5.69 Å². The number of benzene rings is 2. The summed E-state index contributed by atoms with van der Waals surface area (Å²) >= 11 is 2.21. The van der Waals surface area contributed by atoms with E-state index in [1.807, 2.05) is 48.5 Å². The lowest BCUT2D eigenvalue weighted by Gasteiger charge is -2.19. The van der Waals surface area contributed by atoms with Gasteiger partial charge in [0, 0.05) is 9.13 Å². The molecular formula is C17H18INO. The first-order chi connectivity index (χ1) is 9.38. The van der Waals surface area contributed by atoms with Gasteiger partial charge in [-0.25, -0.2) is 0 Å². The fourth-order valence-corrected chi connectivity index (χ4v) is 2.40. The van der Waals surface area contributed by atoms with Crippen LogP contribution in [0.25, 0.3) is 0 Å². The van der Waals surface area contributed by atoms with Crippen molar-refractivity contribution in [2.75, 3.05) is 5.32 Å². The molecule has 0 bridgehead atoms. The molecule has 0 aliphatic rings. The van der Waals surface area contributed by atoms with E-state index in [1.165, 1.54) is 5.56 Å². The van der Waals surface area contributed by atoms with Gasteiger partial charge in [0.15, 0.2) is 0 Å². The van der Waals surface area contributed by atoms with E-state index >= 15 is 0 Å². The minimum Gasteiger partial charge on any atom is -0.321 e. The summed E-state index contributed by atoms with van der Waals surface area (Å²) in [5.41, 5.74) is 2.85. The molecule has 0 aliphatic carbocycles. The van der Waals surface area contributed by atoms with Crippen molar-refractivity contribution in [2.45, 2.75) is 26.2 Å². The van der Waals surface area contributed by atoms with Gasteiger partial charge in [-0.1, -0.05) is 45.0 Å². The highest BCUT2D eigenvalue weighted by Crippen LogP contribution is 2.23. The summed E-state index contributed by atoms with van der Waals surface area (Å²) in [6, 6.07) is 15.5. The molecule has 2 aromatic carbocycles. The molecule has 0 unspecified atom stereocenters. The van der Waals surface area contributed by atoms with Crippen molar-refractivity contribution >= 4 is 34.2 Å². The summed E-state index contributed by atoms with van der Waals surface area (Å²) in [6.07, 6.45) is 0. The number of hydrogen-bond acceptors (Lipinski definition) is 1. The first kappa shape index (κ1) is 15.0. The first-order valence-electron chi connectivity index (χ1n) is 6.54. The standard InChI is InChI=1S/C17H18INO/c1-17(2,3)13-10-8-12(9-11-13)16(20)19-15-7-5-4-6-14(15)18/h4-11H,1-3H3,(H,19,20). The number of rotatable bonds is 2. The Bertz CT molecular complexity index is 612. The summed E-state index contributed by atoms with van der Waals surface area (Å²) in [4.78, 5) is 12.2. The molecule has 0 aliphatic heterocycles. The van der Waals surface area contributed by atoms with Crippen LogP contribution in [-0.4, -0.2) is 5.91 Å². The van der Waals surface area contributed by atoms with Crippen molar-refractivity contribution < 1.29 is 4.79 Å². The Hall–Kier alpha value is -1.36. The van der Waals surface area contributed by atoms with E-state index in [0.717, 1.165) is 9.26 Å². The van der Waals surface area contributed by atoms with Crippen LogP contribution in [0.4, 0.5) is 5.69 Å². The van der Waals surface area contributed by atoms with Crippen LogP contribution in [0, 0.1) is 3.57 Å². The maximum absolute atomic E-state index is 12.2. The molecule has 2 aromatic rings. The summed E-state index contributed by atoms with van der Waals surface area (Å²) in [5, 5.41) is 2.94. The molecule has 1 amide bonds. The highest BCUT2D eigenvalue weighted by atomic mass is 127. The van der Waals surface area contributed by atoms with Gasteiger partial charge in [0.1, 0.15) is 0 Å². The van der Waals surface area contributed by atoms with Crippen LogP contribution in [0.5, 0.6) is 0 Å². The van der Waals surface area contributed by atoms with E-state index in [0.29, 0.717) is 5.56 Å². The number of halogens is 1. The number of anilines is 1. The smallest absolute Gasteiger partial charge is 0.255 e. The molecular weight excluding hydrogens is 361 g/mol. The number of amides is 1. The van der Waals surface area contributed by atoms with Crippen LogP contribution >= 0.6 is 22.6 Å². The largest absolute Gasteiger partial charge is 0.321 e. The third-order valence-corrected chi connectivity index (χ3v) is 4.08. The van der Waals surface area contributed by atoms with Gasteiger partial charge >= 0.3 is 0 Å². The predicted octanol–water partition coefficient (Wildman–Crippen LogP) is 4.84. The van der Waals surface area contributed by atoms with E-state index in [-0.39, 0.29) is 11.3 Å². The number of nitrogens with one attached hydrogen (secondary N) is 1. The zero-order chi connectivity index (χ0) is 14.8. The van der Waals surface area contributed by atoms with Crippen LogP contribution in [0.2, 0.25) is 0 Å². The van der Waals surface area contributed by atoms with E-state index in [9.17, 15) is 4.79 Å². The molecule has 0 aromatic heterocycles. The summed E-state index contributed by atoms with van der Waals surface area (Å²) < 4.78 is 1.03. The first-order valence-corrected chi connectivity index (χ1v) is 7.62. The zero-order valence-electron chi connectivity index (χ0n) is 11.9. The number of hydrogen-bond donors (Lipinski definition) is 1. The fourth-order valence-electron chi connectivity index (χ4n) is 1.88. The summed E-state index contributed by atoms with van der Waals surface area (Å²) in [6.45, 7) is 6.48. The van der Waals surface area contributed by atoms with Crippen molar-refractivity contribution in [3.63, 3.8) is 0 Å². The lowest BCUT2D eigenvalue weighted by molar-refractivity contribution is 0.102. The third kappa shape index (κ3) is 3.60. The molecule has 0 saturated carbocycles. The van der Waals surface area contributed by atoms with Gasteiger partial charge in [-0.2, -0.15) is 0 Å². The molecule has 1 N–H and O–H groups in total. The molecule has 3 heteroatoms. The lowest BCUT2D eigenvalue weighted by Crippen LogP contribution is -2.14. The molecule has 2 nitrogen and oxygen atoms in total. The number of carbonyl (C=O) groups excluding carboxylic acids is 1. The maximum atomic E-state index is 12.2. The zero-order valence-corrected chi connectivity index (χ0v) is 14.1. The highest BCUT2D eigenvalue weighted by molar-refractivity contribution is 14.1. The Morgan fingerprint density at radius 3 is 2.15 bits per heavy atom. The van der Waals surface area contributed by atoms with Gasteiger partial charge in [-0.05, 0) is 57.8 Å². The Balaban J connectivity index is 2.16. The molecule has 0 heterocycles. The van der Waals surface area contributed by atoms with E-state index < -0.39 is 0 Å². The maximum Gasteiger partial charge on any atom is 0.255 e. The van der Waals surface area contributed by atoms with Crippen molar-refractivity contribution in [1.82, 2.24) is 0 Å². The van der Waals surface area contributed by atoms with E-state index in [4.69, 9.17) is 0 Å². The topological polar surface area (TPSA) is 29.1 Å². The van der Waals surface area contributed by atoms with Crippen molar-refractivity contribution in [3.05, 3.63) is 63.2 Å². The second kappa shape index (κ2) is 5.95. The Morgan fingerprint density at radius 1 is 1.00 bits per heavy atom. The van der Waals surface area contributed by atoms with E-state index in [2.05, 4.69) is 48.7 Å². The molecule has 2 rings (SSSR count). The molecule has 0 spiro atoms. The molecule has 0 saturated heterocycles. The van der Waals surface area contributed by atoms with Crippen molar-refractivity contribution in [3.8, 4) is 0 Å². The van der Waals surface area contributed by atoms with Gasteiger partial charge in [0.25, 0.3) is 5.91 Å². The minimum atomic E-state index is -0.0745. The van der Waals surface area contributed by atoms with Gasteiger partial charge in [0.2, 0.25) is 0 Å². The van der Waals surface area contributed by atoms with Crippen molar-refractivity contribution in [2.24, 2.45) is 0 Å². The van der Waals surface area contributed by atoms with E-state index in [1.54, 1.807) is 0 Å². The monoisotopic (exact) mass is 379 g/mol. The lowest BCUT2D eigenvalue weighted by atomic mass is 9.87.